The van der Waals surface area contributed by atoms with Crippen molar-refractivity contribution >= 4 is 44.2 Å². The third-order valence-electron chi connectivity index (χ3n) is 4.99. The summed E-state index contributed by atoms with van der Waals surface area (Å²) in [7, 11) is 3.20. The van der Waals surface area contributed by atoms with Crippen LogP contribution in [-0.2, 0) is 4.79 Å². The number of aromatic nitrogens is 1. The fourth-order valence-corrected chi connectivity index (χ4v) is 4.66. The summed E-state index contributed by atoms with van der Waals surface area (Å²) in [5.41, 5.74) is 0.772. The molecule has 1 aromatic heterocycles. The third-order valence-corrected chi connectivity index (χ3v) is 6.57. The minimum absolute atomic E-state index is 0.0195. The summed E-state index contributed by atoms with van der Waals surface area (Å²) in [5, 5.41) is 1.55. The molecule has 1 fully saturated rings. The number of piperazine rings is 1. The number of fused-ring (bicyclic) bond motifs is 1. The molecule has 0 bridgehead atoms. The van der Waals surface area contributed by atoms with Gasteiger partial charge in [-0.3, -0.25) is 4.79 Å². The smallest absolute Gasteiger partial charge is 0.260 e. The van der Waals surface area contributed by atoms with Gasteiger partial charge in [0, 0.05) is 26.2 Å². The molecule has 0 aliphatic carbocycles. The molecule has 0 N–H and O–H groups in total. The number of methoxy groups -OCH3 is 2. The average Bonchev–Trinajstić information content (AvgIpc) is 3.24. The van der Waals surface area contributed by atoms with E-state index >= 15 is 0 Å². The standard InChI is InChI=1S/C21H22ClN3O4S/c1-27-15-5-3-4-6-16(15)29-13-18(26)24-9-11-25(12-10-24)21-23-19-17(28-2)8-7-14(22)20(19)30-21/h3-8H,9-13H2,1-2H3. The van der Waals surface area contributed by atoms with Crippen molar-refractivity contribution in [3.63, 3.8) is 0 Å². The van der Waals surface area contributed by atoms with Crippen molar-refractivity contribution in [3.05, 3.63) is 41.4 Å². The Balaban J connectivity index is 1.37. The highest BCUT2D eigenvalue weighted by Gasteiger charge is 2.24. The average molecular weight is 448 g/mol. The van der Waals surface area contributed by atoms with Gasteiger partial charge in [-0.25, -0.2) is 4.98 Å². The Hall–Kier alpha value is -2.71. The second kappa shape index (κ2) is 8.97. The number of thiazole rings is 1. The molecule has 1 saturated heterocycles. The number of ether oxygens (including phenoxy) is 3. The first-order valence-electron chi connectivity index (χ1n) is 9.52. The van der Waals surface area contributed by atoms with Gasteiger partial charge in [0.05, 0.1) is 23.9 Å². The highest BCUT2D eigenvalue weighted by Crippen LogP contribution is 2.38. The molecule has 0 atom stereocenters. The molecule has 30 heavy (non-hydrogen) atoms. The largest absolute Gasteiger partial charge is 0.494 e. The molecule has 2 heterocycles. The van der Waals surface area contributed by atoms with E-state index in [0.717, 1.165) is 15.3 Å². The number of hydrogen-bond acceptors (Lipinski definition) is 7. The molecule has 0 unspecified atom stereocenters. The fraction of sp³-hybridized carbons (Fsp3) is 0.333. The molecular formula is C21H22ClN3O4S. The Morgan fingerprint density at radius 3 is 2.43 bits per heavy atom. The van der Waals surface area contributed by atoms with E-state index in [-0.39, 0.29) is 12.5 Å². The Labute approximate surface area is 183 Å². The van der Waals surface area contributed by atoms with Crippen molar-refractivity contribution in [3.8, 4) is 17.2 Å². The normalized spacial score (nSPS) is 14.1. The number of rotatable bonds is 6. The summed E-state index contributed by atoms with van der Waals surface area (Å²) >= 11 is 7.87. The highest BCUT2D eigenvalue weighted by atomic mass is 35.5. The van der Waals surface area contributed by atoms with Crippen LogP contribution >= 0.6 is 22.9 Å². The molecule has 1 aliphatic heterocycles. The summed E-state index contributed by atoms with van der Waals surface area (Å²) in [5.74, 6) is 1.83. The molecule has 1 aliphatic rings. The Kier molecular flexibility index (Phi) is 6.15. The maximum Gasteiger partial charge on any atom is 0.260 e. The van der Waals surface area contributed by atoms with E-state index < -0.39 is 0 Å². The zero-order chi connectivity index (χ0) is 21.1. The van der Waals surface area contributed by atoms with Gasteiger partial charge in [-0.1, -0.05) is 35.1 Å². The molecular weight excluding hydrogens is 426 g/mol. The van der Waals surface area contributed by atoms with Crippen LogP contribution in [0.5, 0.6) is 17.2 Å². The van der Waals surface area contributed by atoms with Crippen molar-refractivity contribution in [2.24, 2.45) is 0 Å². The van der Waals surface area contributed by atoms with Crippen molar-refractivity contribution < 1.29 is 19.0 Å². The number of carbonyl (C=O) groups is 1. The van der Waals surface area contributed by atoms with E-state index in [9.17, 15) is 4.79 Å². The number of nitrogens with zero attached hydrogens (tertiary/aromatic N) is 3. The lowest BCUT2D eigenvalue weighted by molar-refractivity contribution is -0.133. The van der Waals surface area contributed by atoms with Crippen molar-refractivity contribution in [1.29, 1.82) is 0 Å². The second-order valence-electron chi connectivity index (χ2n) is 6.73. The van der Waals surface area contributed by atoms with Crippen LogP contribution in [0.2, 0.25) is 5.02 Å². The molecule has 7 nitrogen and oxygen atoms in total. The van der Waals surface area contributed by atoms with Crippen molar-refractivity contribution in [2.45, 2.75) is 0 Å². The number of anilines is 1. The minimum Gasteiger partial charge on any atom is -0.494 e. The molecule has 1 amide bonds. The van der Waals surface area contributed by atoms with Gasteiger partial charge in [-0.05, 0) is 24.3 Å². The van der Waals surface area contributed by atoms with Gasteiger partial charge in [-0.15, -0.1) is 0 Å². The van der Waals surface area contributed by atoms with Gasteiger partial charge < -0.3 is 24.0 Å². The van der Waals surface area contributed by atoms with E-state index in [4.69, 9.17) is 30.8 Å². The first-order chi connectivity index (χ1) is 14.6. The lowest BCUT2D eigenvalue weighted by Gasteiger charge is -2.34. The van der Waals surface area contributed by atoms with Gasteiger partial charge in [0.2, 0.25) is 0 Å². The molecule has 3 aromatic rings. The molecule has 4 rings (SSSR count). The van der Waals surface area contributed by atoms with Crippen LogP contribution in [0.15, 0.2) is 36.4 Å². The van der Waals surface area contributed by atoms with Crippen LogP contribution in [0, 0.1) is 0 Å². The zero-order valence-corrected chi connectivity index (χ0v) is 18.3. The molecule has 9 heteroatoms. The Bertz CT molecular complexity index is 1050. The fourth-order valence-electron chi connectivity index (χ4n) is 3.36. The highest BCUT2D eigenvalue weighted by molar-refractivity contribution is 7.22. The molecule has 2 aromatic carbocycles. The quantitative estimate of drug-likeness (QED) is 0.574. The Morgan fingerprint density at radius 1 is 1.03 bits per heavy atom. The number of benzene rings is 2. The number of para-hydroxylation sites is 2. The van der Waals surface area contributed by atoms with Crippen molar-refractivity contribution in [2.75, 3.05) is 51.9 Å². The van der Waals surface area contributed by atoms with Gasteiger partial charge in [0.1, 0.15) is 11.3 Å². The SMILES string of the molecule is COc1ccccc1OCC(=O)N1CCN(c2nc3c(OC)ccc(Cl)c3s2)CC1. The molecule has 158 valence electrons. The van der Waals surface area contributed by atoms with Crippen LogP contribution in [0.3, 0.4) is 0 Å². The number of hydrogen-bond donors (Lipinski definition) is 0. The van der Waals surface area contributed by atoms with Crippen LogP contribution in [-0.4, -0.2) is 62.8 Å². The third kappa shape index (κ3) is 4.11. The summed E-state index contributed by atoms with van der Waals surface area (Å²) in [4.78, 5) is 21.3. The zero-order valence-electron chi connectivity index (χ0n) is 16.8. The number of amides is 1. The first kappa shape index (κ1) is 20.6. The molecule has 0 saturated carbocycles. The van der Waals surface area contributed by atoms with E-state index in [2.05, 4.69) is 4.90 Å². The lowest BCUT2D eigenvalue weighted by atomic mass is 10.3. The summed E-state index contributed by atoms with van der Waals surface area (Å²) in [6.07, 6.45) is 0. The van der Waals surface area contributed by atoms with E-state index in [0.29, 0.717) is 48.5 Å². The summed E-state index contributed by atoms with van der Waals surface area (Å²) in [6, 6.07) is 10.9. The molecule has 0 radical (unpaired) electrons. The van der Waals surface area contributed by atoms with Gasteiger partial charge in [0.25, 0.3) is 5.91 Å². The topological polar surface area (TPSA) is 64.1 Å². The van der Waals surface area contributed by atoms with Crippen molar-refractivity contribution in [1.82, 2.24) is 9.88 Å². The maximum atomic E-state index is 12.6. The van der Waals surface area contributed by atoms with E-state index in [1.54, 1.807) is 37.7 Å². The first-order valence-corrected chi connectivity index (χ1v) is 10.7. The minimum atomic E-state index is -0.0467. The summed E-state index contributed by atoms with van der Waals surface area (Å²) in [6.45, 7) is 2.58. The van der Waals surface area contributed by atoms with Gasteiger partial charge in [0.15, 0.2) is 23.2 Å². The van der Waals surface area contributed by atoms with Crippen LogP contribution in [0.4, 0.5) is 5.13 Å². The number of carbonyl (C=O) groups excluding carboxylic acids is 1. The molecule has 0 spiro atoms. The van der Waals surface area contributed by atoms with Gasteiger partial charge in [-0.2, -0.15) is 0 Å². The van der Waals surface area contributed by atoms with Crippen LogP contribution in [0.1, 0.15) is 0 Å². The predicted molar refractivity (Wildman–Crippen MR) is 118 cm³/mol. The second-order valence-corrected chi connectivity index (χ2v) is 8.12. The number of halogens is 1. The Morgan fingerprint density at radius 2 is 1.73 bits per heavy atom. The van der Waals surface area contributed by atoms with Gasteiger partial charge >= 0.3 is 0 Å². The lowest BCUT2D eigenvalue weighted by Crippen LogP contribution is -2.50. The summed E-state index contributed by atoms with van der Waals surface area (Å²) < 4.78 is 17.2. The maximum absolute atomic E-state index is 12.6. The monoisotopic (exact) mass is 447 g/mol. The van der Waals surface area contributed by atoms with E-state index in [1.807, 2.05) is 29.2 Å². The van der Waals surface area contributed by atoms with Crippen LogP contribution < -0.4 is 19.1 Å². The predicted octanol–water partition coefficient (Wildman–Crippen LogP) is 3.69. The van der Waals surface area contributed by atoms with E-state index in [1.165, 1.54) is 0 Å². The van der Waals surface area contributed by atoms with Crippen LogP contribution in [0.25, 0.3) is 10.2 Å².